The van der Waals surface area contributed by atoms with Crippen LogP contribution in [0.2, 0.25) is 0 Å². The molecule has 1 aromatic rings. The number of anilines is 1. The van der Waals surface area contributed by atoms with Crippen molar-refractivity contribution < 1.29 is 26.0 Å². The van der Waals surface area contributed by atoms with Gasteiger partial charge >= 0.3 is 16.4 Å². The molecule has 0 aliphatic heterocycles. The van der Waals surface area contributed by atoms with Crippen LogP contribution in [0.15, 0.2) is 10.5 Å². The Morgan fingerprint density at radius 1 is 1.41 bits per heavy atom. The van der Waals surface area contributed by atoms with Crippen LogP contribution in [-0.2, 0) is 16.4 Å². The van der Waals surface area contributed by atoms with Gasteiger partial charge in [-0.25, -0.2) is 0 Å². The summed E-state index contributed by atoms with van der Waals surface area (Å²) in [7, 11) is -4.05. The van der Waals surface area contributed by atoms with Gasteiger partial charge in [0.15, 0.2) is 0 Å². The molecule has 1 heterocycles. The van der Waals surface area contributed by atoms with Crippen LogP contribution in [0.4, 0.5) is 18.9 Å². The van der Waals surface area contributed by atoms with E-state index in [0.29, 0.717) is 0 Å². The summed E-state index contributed by atoms with van der Waals surface area (Å²) in [6.07, 6.45) is -3.34. The average molecular weight is 290 g/mol. The maximum Gasteiger partial charge on any atom is 0.451 e. The maximum atomic E-state index is 12.5. The Bertz CT molecular complexity index is 495. The fraction of sp³-hybridized carbons (Fsp3) is 0.429. The number of rotatable bonds is 4. The Balaban J connectivity index is 3.08. The first-order valence-electron chi connectivity index (χ1n) is 4.16. The van der Waals surface area contributed by atoms with Gasteiger partial charge in [-0.15, -0.1) is 4.13 Å². The summed E-state index contributed by atoms with van der Waals surface area (Å²) in [4.78, 5) is 0. The first-order chi connectivity index (χ1) is 7.65. The zero-order chi connectivity index (χ0) is 13.3. The third kappa shape index (κ3) is 3.82. The molecule has 0 saturated heterocycles. The molecule has 17 heavy (non-hydrogen) atoms. The van der Waals surface area contributed by atoms with Crippen molar-refractivity contribution in [3.05, 3.63) is 17.6 Å². The summed E-state index contributed by atoms with van der Waals surface area (Å²) in [5.74, 6) is -1.42. The van der Waals surface area contributed by atoms with Gasteiger partial charge in [-0.05, 0) is 13.2 Å². The topological polar surface area (TPSA) is 71.3 Å². The Kier molecular flexibility index (Phi) is 3.99. The van der Waals surface area contributed by atoms with Gasteiger partial charge in [0.2, 0.25) is 5.76 Å². The van der Waals surface area contributed by atoms with Crippen molar-refractivity contribution in [1.82, 2.24) is 4.13 Å². The standard InChI is InChI=1S/C7H9F3N2O3S2/c1-4-3-5(6(15-4)7(8,9)10)11-17(13,14)12-16-2/h3,11-12H,1-2H3. The SMILES string of the molecule is CSNS(=O)(=O)Nc1cc(C)oc1C(F)(F)F. The predicted molar refractivity (Wildman–Crippen MR) is 57.6 cm³/mol. The first-order valence-corrected chi connectivity index (χ1v) is 6.86. The van der Waals surface area contributed by atoms with E-state index in [1.54, 1.807) is 4.72 Å². The zero-order valence-electron chi connectivity index (χ0n) is 8.75. The number of nitrogens with one attached hydrogen (secondary N) is 2. The van der Waals surface area contributed by atoms with Crippen molar-refractivity contribution in [2.24, 2.45) is 0 Å². The molecule has 0 unspecified atom stereocenters. The Labute approximate surface area is 100 Å². The van der Waals surface area contributed by atoms with E-state index in [9.17, 15) is 21.6 Å². The monoisotopic (exact) mass is 290 g/mol. The van der Waals surface area contributed by atoms with E-state index in [1.165, 1.54) is 13.2 Å². The third-order valence-electron chi connectivity index (χ3n) is 1.55. The average Bonchev–Trinajstić information content (AvgIpc) is 2.44. The number of halogens is 3. The molecule has 0 bridgehead atoms. The van der Waals surface area contributed by atoms with E-state index in [1.807, 2.05) is 4.13 Å². The van der Waals surface area contributed by atoms with E-state index in [-0.39, 0.29) is 5.76 Å². The molecule has 0 aliphatic carbocycles. The highest BCUT2D eigenvalue weighted by Gasteiger charge is 2.39. The molecule has 0 fully saturated rings. The van der Waals surface area contributed by atoms with E-state index < -0.39 is 27.8 Å². The molecule has 2 N–H and O–H groups in total. The van der Waals surface area contributed by atoms with E-state index in [4.69, 9.17) is 0 Å². The van der Waals surface area contributed by atoms with Crippen molar-refractivity contribution in [1.29, 1.82) is 0 Å². The van der Waals surface area contributed by atoms with E-state index in [0.717, 1.165) is 18.0 Å². The van der Waals surface area contributed by atoms with Crippen LogP contribution in [0.25, 0.3) is 0 Å². The second-order valence-electron chi connectivity index (χ2n) is 2.99. The maximum absolute atomic E-state index is 12.5. The van der Waals surface area contributed by atoms with Crippen molar-refractivity contribution in [3.8, 4) is 0 Å². The number of alkyl halides is 3. The first kappa shape index (κ1) is 14.2. The van der Waals surface area contributed by atoms with Crippen LogP contribution in [0.3, 0.4) is 0 Å². The van der Waals surface area contributed by atoms with Crippen LogP contribution in [0.5, 0.6) is 0 Å². The molecule has 1 rings (SSSR count). The van der Waals surface area contributed by atoms with Crippen molar-refractivity contribution in [3.63, 3.8) is 0 Å². The molecule has 5 nitrogen and oxygen atoms in total. The minimum Gasteiger partial charge on any atom is -0.455 e. The number of hydrogen-bond donors (Lipinski definition) is 2. The highest BCUT2D eigenvalue weighted by atomic mass is 32.3. The van der Waals surface area contributed by atoms with E-state index >= 15 is 0 Å². The lowest BCUT2D eigenvalue weighted by Gasteiger charge is -2.08. The van der Waals surface area contributed by atoms with Crippen LogP contribution < -0.4 is 8.85 Å². The normalized spacial score (nSPS) is 12.8. The lowest BCUT2D eigenvalue weighted by molar-refractivity contribution is -0.152. The van der Waals surface area contributed by atoms with Gasteiger partial charge in [-0.3, -0.25) is 4.72 Å². The minimum absolute atomic E-state index is 0.0424. The number of furan rings is 1. The smallest absolute Gasteiger partial charge is 0.451 e. The highest BCUT2D eigenvalue weighted by molar-refractivity contribution is 8.09. The molecule has 0 aromatic carbocycles. The molecule has 0 atom stereocenters. The minimum atomic E-state index is -4.76. The summed E-state index contributed by atoms with van der Waals surface area (Å²) >= 11 is 0.736. The lowest BCUT2D eigenvalue weighted by Crippen LogP contribution is -2.25. The van der Waals surface area contributed by atoms with Crippen LogP contribution in [0, 0.1) is 6.92 Å². The quantitative estimate of drug-likeness (QED) is 0.833. The third-order valence-corrected chi connectivity index (χ3v) is 3.58. The molecule has 0 amide bonds. The Morgan fingerprint density at radius 2 is 2.00 bits per heavy atom. The van der Waals surface area contributed by atoms with Gasteiger partial charge in [0.25, 0.3) is 0 Å². The van der Waals surface area contributed by atoms with Crippen molar-refractivity contribution in [2.45, 2.75) is 13.1 Å². The second kappa shape index (κ2) is 4.78. The van der Waals surface area contributed by atoms with Crippen LogP contribution >= 0.6 is 11.9 Å². The van der Waals surface area contributed by atoms with Crippen LogP contribution in [0.1, 0.15) is 11.5 Å². The second-order valence-corrected chi connectivity index (χ2v) is 5.28. The molecule has 0 aliphatic rings. The fourth-order valence-corrected chi connectivity index (χ4v) is 2.56. The summed E-state index contributed by atoms with van der Waals surface area (Å²) in [5.41, 5.74) is -0.642. The highest BCUT2D eigenvalue weighted by Crippen LogP contribution is 2.37. The molecule has 10 heteroatoms. The van der Waals surface area contributed by atoms with Crippen molar-refractivity contribution in [2.75, 3.05) is 11.0 Å². The summed E-state index contributed by atoms with van der Waals surface area (Å²) < 4.78 is 68.0. The van der Waals surface area contributed by atoms with Crippen molar-refractivity contribution >= 4 is 27.8 Å². The molecular weight excluding hydrogens is 281 g/mol. The fourth-order valence-electron chi connectivity index (χ4n) is 1.08. The van der Waals surface area contributed by atoms with Crippen LogP contribution in [-0.4, -0.2) is 14.7 Å². The lowest BCUT2D eigenvalue weighted by atomic mass is 10.3. The summed E-state index contributed by atoms with van der Waals surface area (Å²) in [5, 5.41) is 0. The Hall–Kier alpha value is -0.870. The van der Waals surface area contributed by atoms with E-state index in [2.05, 4.69) is 4.42 Å². The van der Waals surface area contributed by atoms with Gasteiger partial charge in [0.05, 0.1) is 0 Å². The molecule has 0 spiro atoms. The molecule has 1 aromatic heterocycles. The summed E-state index contributed by atoms with van der Waals surface area (Å²) in [6.45, 7) is 1.29. The zero-order valence-corrected chi connectivity index (χ0v) is 10.4. The van der Waals surface area contributed by atoms with Gasteiger partial charge in [0, 0.05) is 6.07 Å². The number of hydrogen-bond acceptors (Lipinski definition) is 4. The largest absolute Gasteiger partial charge is 0.455 e. The molecular formula is C7H9F3N2O3S2. The van der Waals surface area contributed by atoms with Gasteiger partial charge < -0.3 is 4.42 Å². The Morgan fingerprint density at radius 3 is 2.47 bits per heavy atom. The molecule has 0 saturated carbocycles. The van der Waals surface area contributed by atoms with Gasteiger partial charge in [0.1, 0.15) is 11.4 Å². The number of aryl methyl sites for hydroxylation is 1. The van der Waals surface area contributed by atoms with Gasteiger partial charge in [-0.2, -0.15) is 21.6 Å². The van der Waals surface area contributed by atoms with Gasteiger partial charge in [-0.1, -0.05) is 11.9 Å². The molecule has 98 valence electrons. The molecule has 0 radical (unpaired) electrons. The summed E-state index contributed by atoms with van der Waals surface area (Å²) in [6, 6.07) is 0.961. The predicted octanol–water partition coefficient (Wildman–Crippen LogP) is 2.13.